The maximum Gasteiger partial charge on any atom is 0.329 e. The second-order valence-electron chi connectivity index (χ2n) is 9.31. The van der Waals surface area contributed by atoms with Crippen LogP contribution in [0, 0.1) is 0 Å². The molecule has 0 saturated carbocycles. The lowest BCUT2D eigenvalue weighted by Crippen LogP contribution is -2.52. The number of hydrogen-bond donors (Lipinski definition) is 0. The summed E-state index contributed by atoms with van der Waals surface area (Å²) >= 11 is 6.21. The predicted octanol–water partition coefficient (Wildman–Crippen LogP) is 2.11. The third-order valence-electron chi connectivity index (χ3n) is 6.59. The molecule has 1 aliphatic rings. The van der Waals surface area contributed by atoms with E-state index in [4.69, 9.17) is 11.6 Å². The number of imidazole rings is 1. The number of fused-ring (bicyclic) bond motifs is 2. The highest BCUT2D eigenvalue weighted by molar-refractivity contribution is 7.90. The third-order valence-corrected chi connectivity index (χ3v) is 9.10. The van der Waals surface area contributed by atoms with E-state index in [1.165, 1.54) is 10.6 Å². The van der Waals surface area contributed by atoms with Gasteiger partial charge in [0.05, 0.1) is 41.8 Å². The van der Waals surface area contributed by atoms with Gasteiger partial charge in [0.1, 0.15) is 9.84 Å². The lowest BCUT2D eigenvalue weighted by atomic mass is 10.2. The van der Waals surface area contributed by atoms with Gasteiger partial charge in [-0.1, -0.05) is 11.6 Å². The quantitative estimate of drug-likeness (QED) is 0.331. The number of nitrogens with zero attached hydrogens (tertiary/aromatic N) is 5. The molecule has 1 fully saturated rings. The van der Waals surface area contributed by atoms with E-state index in [1.807, 2.05) is 22.8 Å². The zero-order valence-electron chi connectivity index (χ0n) is 19.8. The summed E-state index contributed by atoms with van der Waals surface area (Å²) in [5.41, 5.74) is 2.82. The fourth-order valence-electron chi connectivity index (χ4n) is 4.82. The van der Waals surface area contributed by atoms with Crippen molar-refractivity contribution < 1.29 is 16.8 Å². The molecule has 4 aromatic rings. The first-order valence-electron chi connectivity index (χ1n) is 11.4. The van der Waals surface area contributed by atoms with Crippen LogP contribution in [0.25, 0.3) is 21.9 Å². The molecule has 0 atom stereocenters. The maximum absolute atomic E-state index is 13.6. The molecule has 0 aliphatic carbocycles. The molecule has 10 nitrogen and oxygen atoms in total. The Morgan fingerprint density at radius 1 is 1.00 bits per heavy atom. The number of aromatic nitrogens is 4. The van der Waals surface area contributed by atoms with Gasteiger partial charge >= 0.3 is 5.69 Å². The SMILES string of the molecule is CS(=O)(=O)CCCn1c(Cn2c(=O)n(C3CN(S(C)(=O)=O)C3)c3ccncc32)cc2cc(Cl)ccc21. The van der Waals surface area contributed by atoms with Crippen LogP contribution in [0.15, 0.2) is 47.5 Å². The van der Waals surface area contributed by atoms with Crippen molar-refractivity contribution in [3.05, 3.63) is 63.9 Å². The van der Waals surface area contributed by atoms with Gasteiger partial charge in [0.2, 0.25) is 10.0 Å². The monoisotopic (exact) mass is 551 g/mol. The first kappa shape index (κ1) is 25.0. The molecular formula is C23H26ClN5O5S2. The van der Waals surface area contributed by atoms with Crippen molar-refractivity contribution in [3.63, 3.8) is 0 Å². The molecule has 3 aromatic heterocycles. The summed E-state index contributed by atoms with van der Waals surface area (Å²) in [6.45, 7) is 1.18. The highest BCUT2D eigenvalue weighted by atomic mass is 35.5. The van der Waals surface area contributed by atoms with Crippen molar-refractivity contribution in [2.45, 2.75) is 25.6 Å². The fourth-order valence-corrected chi connectivity index (χ4v) is 6.54. The van der Waals surface area contributed by atoms with Crippen LogP contribution < -0.4 is 5.69 Å². The fraction of sp³-hybridized carbons (Fsp3) is 0.391. The topological polar surface area (TPSA) is 116 Å². The average molecular weight is 552 g/mol. The second-order valence-corrected chi connectivity index (χ2v) is 14.0. The molecule has 1 aliphatic heterocycles. The predicted molar refractivity (Wildman–Crippen MR) is 140 cm³/mol. The smallest absolute Gasteiger partial charge is 0.329 e. The molecule has 5 rings (SSSR count). The largest absolute Gasteiger partial charge is 0.343 e. The van der Waals surface area contributed by atoms with Gasteiger partial charge < -0.3 is 4.57 Å². The van der Waals surface area contributed by atoms with Crippen molar-refractivity contribution in [3.8, 4) is 0 Å². The lowest BCUT2D eigenvalue weighted by Gasteiger charge is -2.37. The van der Waals surface area contributed by atoms with Crippen LogP contribution >= 0.6 is 11.6 Å². The summed E-state index contributed by atoms with van der Waals surface area (Å²) in [5.74, 6) is 0.0569. The van der Waals surface area contributed by atoms with Crippen LogP contribution in [-0.2, 0) is 33.0 Å². The van der Waals surface area contributed by atoms with E-state index >= 15 is 0 Å². The van der Waals surface area contributed by atoms with E-state index < -0.39 is 19.9 Å². The summed E-state index contributed by atoms with van der Waals surface area (Å²) in [5, 5.41) is 1.48. The number of sulfone groups is 1. The second kappa shape index (κ2) is 9.02. The molecule has 0 N–H and O–H groups in total. The first-order valence-corrected chi connectivity index (χ1v) is 15.7. The average Bonchev–Trinajstić information content (AvgIpc) is 3.21. The van der Waals surface area contributed by atoms with Crippen LogP contribution in [0.2, 0.25) is 5.02 Å². The minimum atomic E-state index is -3.32. The third kappa shape index (κ3) is 4.70. The summed E-state index contributed by atoms with van der Waals surface area (Å²) < 4.78 is 53.8. The van der Waals surface area contributed by atoms with Gasteiger partial charge in [0, 0.05) is 53.7 Å². The van der Waals surface area contributed by atoms with Crippen LogP contribution in [0.3, 0.4) is 0 Å². The van der Waals surface area contributed by atoms with E-state index in [2.05, 4.69) is 4.98 Å². The Labute approximate surface area is 213 Å². The Morgan fingerprint density at radius 3 is 2.44 bits per heavy atom. The van der Waals surface area contributed by atoms with Crippen molar-refractivity contribution >= 4 is 53.4 Å². The van der Waals surface area contributed by atoms with Crippen molar-refractivity contribution in [2.75, 3.05) is 31.4 Å². The minimum absolute atomic E-state index is 0.0569. The molecule has 4 heterocycles. The Hall–Kier alpha value is -2.67. The highest BCUT2D eigenvalue weighted by Crippen LogP contribution is 2.28. The number of aryl methyl sites for hydroxylation is 1. The number of sulfonamides is 1. The summed E-state index contributed by atoms with van der Waals surface area (Å²) in [7, 11) is -6.43. The molecule has 13 heteroatoms. The van der Waals surface area contributed by atoms with Gasteiger partial charge in [-0.2, -0.15) is 4.31 Å². The van der Waals surface area contributed by atoms with E-state index in [9.17, 15) is 21.6 Å². The molecule has 0 radical (unpaired) electrons. The van der Waals surface area contributed by atoms with Crippen LogP contribution in [0.4, 0.5) is 0 Å². The molecule has 1 aromatic carbocycles. The molecule has 36 heavy (non-hydrogen) atoms. The number of rotatable bonds is 8. The van der Waals surface area contributed by atoms with Crippen molar-refractivity contribution in [1.82, 2.24) is 23.0 Å². The standard InChI is InChI=1S/C23H26ClN5O5S2/c1-35(31,32)9-3-8-27-18(11-16-10-17(24)4-5-20(16)27)15-28-22-12-25-7-6-21(22)29(23(28)30)19-13-26(14-19)36(2,33)34/h4-7,10-12,19H,3,8-9,13-15H2,1-2H3. The molecule has 0 amide bonds. The first-order chi connectivity index (χ1) is 16.9. The zero-order chi connectivity index (χ0) is 25.8. The van der Waals surface area contributed by atoms with Gasteiger partial charge in [-0.25, -0.2) is 21.6 Å². The van der Waals surface area contributed by atoms with Crippen molar-refractivity contribution in [1.29, 1.82) is 0 Å². The molecule has 192 valence electrons. The normalized spacial score (nSPS) is 15.6. The van der Waals surface area contributed by atoms with E-state index in [0.717, 1.165) is 22.9 Å². The number of halogens is 1. The Kier molecular flexibility index (Phi) is 6.26. The van der Waals surface area contributed by atoms with Gasteiger partial charge in [0.25, 0.3) is 0 Å². The zero-order valence-corrected chi connectivity index (χ0v) is 22.2. The molecule has 1 saturated heterocycles. The minimum Gasteiger partial charge on any atom is -0.343 e. The Bertz CT molecular complexity index is 1750. The summed E-state index contributed by atoms with van der Waals surface area (Å²) in [6.07, 6.45) is 6.05. The van der Waals surface area contributed by atoms with E-state index in [-0.39, 0.29) is 37.1 Å². The van der Waals surface area contributed by atoms with Gasteiger partial charge in [-0.3, -0.25) is 14.1 Å². The molecule has 0 unspecified atom stereocenters. The van der Waals surface area contributed by atoms with E-state index in [0.29, 0.717) is 29.0 Å². The van der Waals surface area contributed by atoms with Gasteiger partial charge in [-0.15, -0.1) is 0 Å². The van der Waals surface area contributed by atoms with Gasteiger partial charge in [0.15, 0.2) is 0 Å². The molecule has 0 bridgehead atoms. The molecule has 0 spiro atoms. The molecular weight excluding hydrogens is 526 g/mol. The van der Waals surface area contributed by atoms with Crippen molar-refractivity contribution in [2.24, 2.45) is 0 Å². The van der Waals surface area contributed by atoms with E-state index in [1.54, 1.807) is 33.7 Å². The van der Waals surface area contributed by atoms with Gasteiger partial charge in [-0.05, 0) is 36.8 Å². The van der Waals surface area contributed by atoms with Crippen LogP contribution in [0.5, 0.6) is 0 Å². The summed E-state index contributed by atoms with van der Waals surface area (Å²) in [4.78, 5) is 17.8. The van der Waals surface area contributed by atoms with Crippen LogP contribution in [-0.4, -0.2) is 71.2 Å². The van der Waals surface area contributed by atoms with Crippen LogP contribution in [0.1, 0.15) is 18.2 Å². The Balaban J connectivity index is 1.56. The number of pyridine rings is 1. The number of hydrogen-bond acceptors (Lipinski definition) is 6. The summed E-state index contributed by atoms with van der Waals surface area (Å²) in [6, 6.07) is 8.98. The Morgan fingerprint density at radius 2 is 1.75 bits per heavy atom. The number of benzene rings is 1. The lowest BCUT2D eigenvalue weighted by molar-refractivity contribution is 0.205. The maximum atomic E-state index is 13.6. The highest BCUT2D eigenvalue weighted by Gasteiger charge is 2.36.